The number of hydrogen-bond acceptors (Lipinski definition) is 3. The van der Waals surface area contributed by atoms with E-state index in [1.54, 1.807) is 11.8 Å². The summed E-state index contributed by atoms with van der Waals surface area (Å²) >= 11 is 4.91. The second-order valence-corrected chi connectivity index (χ2v) is 4.53. The molecule has 0 aliphatic heterocycles. The minimum absolute atomic E-state index is 0.0427. The normalized spacial score (nSPS) is 10.4. The maximum Gasteiger partial charge on any atom is 0.0692 e. The second kappa shape index (κ2) is 5.65. The van der Waals surface area contributed by atoms with Gasteiger partial charge in [0.25, 0.3) is 0 Å². The van der Waals surface area contributed by atoms with E-state index in [2.05, 4.69) is 15.9 Å². The van der Waals surface area contributed by atoms with E-state index in [1.165, 1.54) is 0 Å². The highest BCUT2D eigenvalue weighted by atomic mass is 79.9. The lowest BCUT2D eigenvalue weighted by molar-refractivity contribution is 0.279. The molecule has 2 N–H and O–H groups in total. The van der Waals surface area contributed by atoms with Gasteiger partial charge in [0.05, 0.1) is 13.2 Å². The first-order valence-corrected chi connectivity index (χ1v) is 5.68. The second-order valence-electron chi connectivity index (χ2n) is 2.48. The van der Waals surface area contributed by atoms with Gasteiger partial charge in [0.1, 0.15) is 0 Å². The first-order chi connectivity index (χ1) is 6.27. The number of halogens is 1. The van der Waals surface area contributed by atoms with Crippen molar-refractivity contribution in [1.29, 1.82) is 0 Å². The molecule has 0 fully saturated rings. The molecule has 0 aromatic heterocycles. The molecular formula is C9H11BrO2S. The van der Waals surface area contributed by atoms with E-state index in [0.29, 0.717) is 5.75 Å². The third kappa shape index (κ3) is 3.31. The van der Waals surface area contributed by atoms with Crippen LogP contribution in [0.4, 0.5) is 0 Å². The largest absolute Gasteiger partial charge is 0.396 e. The van der Waals surface area contributed by atoms with Crippen LogP contribution in [-0.4, -0.2) is 22.6 Å². The van der Waals surface area contributed by atoms with Crippen LogP contribution in [0.2, 0.25) is 0 Å². The SMILES string of the molecule is OCCSc1cc(Br)ccc1CO. The molecule has 4 heteroatoms. The fourth-order valence-electron chi connectivity index (χ4n) is 0.949. The van der Waals surface area contributed by atoms with E-state index in [4.69, 9.17) is 10.2 Å². The van der Waals surface area contributed by atoms with Crippen molar-refractivity contribution in [2.24, 2.45) is 0 Å². The third-order valence-corrected chi connectivity index (χ3v) is 3.12. The maximum atomic E-state index is 9.02. The highest BCUT2D eigenvalue weighted by Crippen LogP contribution is 2.26. The minimum Gasteiger partial charge on any atom is -0.396 e. The van der Waals surface area contributed by atoms with Gasteiger partial charge in [0, 0.05) is 15.1 Å². The molecule has 0 spiro atoms. The Kier molecular flexibility index (Phi) is 4.80. The molecule has 0 heterocycles. The molecule has 1 rings (SSSR count). The number of aliphatic hydroxyl groups excluding tert-OH is 2. The Balaban J connectivity index is 2.81. The smallest absolute Gasteiger partial charge is 0.0692 e. The number of hydrogen-bond donors (Lipinski definition) is 2. The summed E-state index contributed by atoms with van der Waals surface area (Å²) in [6.45, 7) is 0.198. The van der Waals surface area contributed by atoms with Gasteiger partial charge in [-0.05, 0) is 17.7 Å². The van der Waals surface area contributed by atoms with Crippen molar-refractivity contribution in [3.63, 3.8) is 0 Å². The molecule has 0 atom stereocenters. The van der Waals surface area contributed by atoms with E-state index >= 15 is 0 Å². The first-order valence-electron chi connectivity index (χ1n) is 3.91. The molecule has 0 saturated carbocycles. The Morgan fingerprint density at radius 2 is 2.08 bits per heavy atom. The highest BCUT2D eigenvalue weighted by Gasteiger charge is 2.02. The summed E-state index contributed by atoms with van der Waals surface area (Å²) in [5.74, 6) is 0.656. The van der Waals surface area contributed by atoms with Crippen molar-refractivity contribution in [1.82, 2.24) is 0 Å². The zero-order valence-corrected chi connectivity index (χ0v) is 9.44. The third-order valence-electron chi connectivity index (χ3n) is 1.55. The number of thioether (sulfide) groups is 1. The zero-order valence-electron chi connectivity index (χ0n) is 7.03. The van der Waals surface area contributed by atoms with E-state index in [-0.39, 0.29) is 13.2 Å². The summed E-state index contributed by atoms with van der Waals surface area (Å²) in [4.78, 5) is 1.02. The average Bonchev–Trinajstić information content (AvgIpc) is 2.15. The Labute approximate surface area is 90.1 Å². The Bertz CT molecular complexity index is 278. The van der Waals surface area contributed by atoms with Gasteiger partial charge in [0.15, 0.2) is 0 Å². The Morgan fingerprint density at radius 1 is 1.31 bits per heavy atom. The van der Waals surface area contributed by atoms with Gasteiger partial charge in [-0.1, -0.05) is 22.0 Å². The highest BCUT2D eigenvalue weighted by molar-refractivity contribution is 9.10. The lowest BCUT2D eigenvalue weighted by Crippen LogP contribution is -1.91. The van der Waals surface area contributed by atoms with Gasteiger partial charge >= 0.3 is 0 Å². The lowest BCUT2D eigenvalue weighted by Gasteiger charge is -2.06. The lowest BCUT2D eigenvalue weighted by atomic mass is 10.2. The Morgan fingerprint density at radius 3 is 2.69 bits per heavy atom. The summed E-state index contributed by atoms with van der Waals surface area (Å²) in [6.07, 6.45) is 0. The van der Waals surface area contributed by atoms with Gasteiger partial charge in [-0.2, -0.15) is 0 Å². The van der Waals surface area contributed by atoms with Crippen molar-refractivity contribution in [3.05, 3.63) is 28.2 Å². The molecule has 0 aliphatic rings. The van der Waals surface area contributed by atoms with Crippen LogP contribution in [0.25, 0.3) is 0 Å². The average molecular weight is 263 g/mol. The van der Waals surface area contributed by atoms with E-state index < -0.39 is 0 Å². The topological polar surface area (TPSA) is 40.5 Å². The van der Waals surface area contributed by atoms with Crippen LogP contribution in [0.5, 0.6) is 0 Å². The molecule has 0 radical (unpaired) electrons. The van der Waals surface area contributed by atoms with E-state index in [1.807, 2.05) is 18.2 Å². The van der Waals surface area contributed by atoms with Crippen molar-refractivity contribution in [2.75, 3.05) is 12.4 Å². The first kappa shape index (κ1) is 11.0. The standard InChI is InChI=1S/C9H11BrO2S/c10-8-2-1-7(6-12)9(5-8)13-4-3-11/h1-2,5,11-12H,3-4,6H2. The predicted octanol–water partition coefficient (Wildman–Crippen LogP) is 2.03. The molecule has 0 amide bonds. The van der Waals surface area contributed by atoms with Crippen LogP contribution in [0.15, 0.2) is 27.6 Å². The van der Waals surface area contributed by atoms with Gasteiger partial charge in [0.2, 0.25) is 0 Å². The number of aliphatic hydroxyl groups is 2. The summed E-state index contributed by atoms with van der Waals surface area (Å²) < 4.78 is 0.991. The van der Waals surface area contributed by atoms with Crippen molar-refractivity contribution in [3.8, 4) is 0 Å². The minimum atomic E-state index is 0.0427. The fourth-order valence-corrected chi connectivity index (χ4v) is 2.30. The number of benzene rings is 1. The molecule has 0 bridgehead atoms. The van der Waals surface area contributed by atoms with Crippen molar-refractivity contribution >= 4 is 27.7 Å². The maximum absolute atomic E-state index is 9.02. The van der Waals surface area contributed by atoms with E-state index in [9.17, 15) is 0 Å². The summed E-state index contributed by atoms with van der Waals surface area (Å²) in [5.41, 5.74) is 0.904. The van der Waals surface area contributed by atoms with Crippen LogP contribution in [-0.2, 0) is 6.61 Å². The molecule has 0 aliphatic carbocycles. The predicted molar refractivity (Wildman–Crippen MR) is 57.9 cm³/mol. The zero-order chi connectivity index (χ0) is 9.68. The monoisotopic (exact) mass is 262 g/mol. The van der Waals surface area contributed by atoms with Crippen LogP contribution in [0, 0.1) is 0 Å². The van der Waals surface area contributed by atoms with Gasteiger partial charge in [-0.3, -0.25) is 0 Å². The molecule has 1 aromatic rings. The van der Waals surface area contributed by atoms with E-state index in [0.717, 1.165) is 14.9 Å². The summed E-state index contributed by atoms with van der Waals surface area (Å²) in [7, 11) is 0. The van der Waals surface area contributed by atoms with Crippen molar-refractivity contribution in [2.45, 2.75) is 11.5 Å². The molecule has 2 nitrogen and oxygen atoms in total. The van der Waals surface area contributed by atoms with Gasteiger partial charge in [-0.15, -0.1) is 11.8 Å². The Hall–Kier alpha value is -0.0300. The van der Waals surface area contributed by atoms with Crippen LogP contribution < -0.4 is 0 Å². The molecule has 72 valence electrons. The molecule has 0 unspecified atom stereocenters. The summed E-state index contributed by atoms with van der Waals surface area (Å²) in [5, 5.41) is 17.7. The molecular weight excluding hydrogens is 252 g/mol. The molecule has 0 saturated heterocycles. The molecule has 13 heavy (non-hydrogen) atoms. The van der Waals surface area contributed by atoms with Gasteiger partial charge in [-0.25, -0.2) is 0 Å². The molecule has 1 aromatic carbocycles. The summed E-state index contributed by atoms with van der Waals surface area (Å²) in [6, 6.07) is 5.73. The quantitative estimate of drug-likeness (QED) is 0.816. The number of rotatable bonds is 4. The van der Waals surface area contributed by atoms with Gasteiger partial charge < -0.3 is 10.2 Å². The van der Waals surface area contributed by atoms with Crippen LogP contribution in [0.1, 0.15) is 5.56 Å². The van der Waals surface area contributed by atoms with Crippen LogP contribution >= 0.6 is 27.7 Å². The van der Waals surface area contributed by atoms with Crippen molar-refractivity contribution < 1.29 is 10.2 Å². The van der Waals surface area contributed by atoms with Crippen LogP contribution in [0.3, 0.4) is 0 Å². The fraction of sp³-hybridized carbons (Fsp3) is 0.333.